The molecule has 0 spiro atoms. The molecule has 0 aliphatic rings. The lowest BCUT2D eigenvalue weighted by Crippen LogP contribution is -2.17. The Morgan fingerprint density at radius 3 is 2.69 bits per heavy atom. The summed E-state index contributed by atoms with van der Waals surface area (Å²) < 4.78 is 5.99. The standard InChI is InChI=1S/C6H7N5O2/c1-3-5(4(2)13-8-3)11-6(12)7-9-10-11/h1-2H3,(H,7,10,12). The first-order chi connectivity index (χ1) is 6.20. The van der Waals surface area contributed by atoms with Gasteiger partial charge in [-0.05, 0) is 24.3 Å². The van der Waals surface area contributed by atoms with Gasteiger partial charge in [0.2, 0.25) is 0 Å². The largest absolute Gasteiger partial charge is 0.366 e. The Balaban J connectivity index is 2.71. The van der Waals surface area contributed by atoms with Crippen molar-refractivity contribution in [1.82, 2.24) is 25.4 Å². The molecule has 0 aliphatic carbocycles. The van der Waals surface area contributed by atoms with Gasteiger partial charge in [-0.25, -0.2) is 9.89 Å². The van der Waals surface area contributed by atoms with E-state index in [1.54, 1.807) is 13.8 Å². The third kappa shape index (κ3) is 1.05. The number of nitrogens with one attached hydrogen (secondary N) is 1. The monoisotopic (exact) mass is 181 g/mol. The summed E-state index contributed by atoms with van der Waals surface area (Å²) >= 11 is 0. The fourth-order valence-corrected chi connectivity index (χ4v) is 1.12. The van der Waals surface area contributed by atoms with Crippen LogP contribution >= 0.6 is 0 Å². The maximum absolute atomic E-state index is 11.1. The molecule has 2 rings (SSSR count). The molecule has 0 aromatic carbocycles. The van der Waals surface area contributed by atoms with Crippen molar-refractivity contribution in [3.8, 4) is 5.69 Å². The first kappa shape index (κ1) is 7.71. The van der Waals surface area contributed by atoms with Gasteiger partial charge in [0.05, 0.1) is 0 Å². The Morgan fingerprint density at radius 1 is 1.46 bits per heavy atom. The molecular formula is C6H7N5O2. The summed E-state index contributed by atoms with van der Waals surface area (Å²) in [5.74, 6) is 0.536. The smallest absolute Gasteiger partial charge is 0.359 e. The van der Waals surface area contributed by atoms with Crippen LogP contribution in [0.3, 0.4) is 0 Å². The van der Waals surface area contributed by atoms with Gasteiger partial charge in [-0.2, -0.15) is 4.68 Å². The Morgan fingerprint density at radius 2 is 2.23 bits per heavy atom. The van der Waals surface area contributed by atoms with Gasteiger partial charge in [0.15, 0.2) is 5.76 Å². The summed E-state index contributed by atoms with van der Waals surface area (Å²) in [4.78, 5) is 11.1. The van der Waals surface area contributed by atoms with Crippen LogP contribution in [-0.4, -0.2) is 25.4 Å². The lowest BCUT2D eigenvalue weighted by Gasteiger charge is -1.93. The van der Waals surface area contributed by atoms with Gasteiger partial charge in [-0.3, -0.25) is 0 Å². The first-order valence-electron chi connectivity index (χ1n) is 3.64. The summed E-state index contributed by atoms with van der Waals surface area (Å²) in [7, 11) is 0. The summed E-state index contributed by atoms with van der Waals surface area (Å²) in [6.45, 7) is 3.43. The molecule has 68 valence electrons. The third-order valence-electron chi connectivity index (χ3n) is 1.68. The summed E-state index contributed by atoms with van der Waals surface area (Å²) in [5.41, 5.74) is 0.738. The highest BCUT2D eigenvalue weighted by molar-refractivity contribution is 5.36. The van der Waals surface area contributed by atoms with E-state index >= 15 is 0 Å². The van der Waals surface area contributed by atoms with E-state index in [-0.39, 0.29) is 0 Å². The quantitative estimate of drug-likeness (QED) is 0.644. The zero-order chi connectivity index (χ0) is 9.42. The molecule has 0 amide bonds. The van der Waals surface area contributed by atoms with Crippen molar-refractivity contribution in [2.75, 3.05) is 0 Å². The zero-order valence-corrected chi connectivity index (χ0v) is 7.11. The van der Waals surface area contributed by atoms with Crippen molar-refractivity contribution in [3.05, 3.63) is 21.9 Å². The maximum Gasteiger partial charge on any atom is 0.366 e. The van der Waals surface area contributed by atoms with Crippen LogP contribution in [0.2, 0.25) is 0 Å². The second kappa shape index (κ2) is 2.54. The van der Waals surface area contributed by atoms with Crippen LogP contribution in [0.15, 0.2) is 9.32 Å². The number of aromatic amines is 1. The van der Waals surface area contributed by atoms with Crippen LogP contribution in [-0.2, 0) is 0 Å². The van der Waals surface area contributed by atoms with E-state index in [1.165, 1.54) is 0 Å². The minimum atomic E-state index is -0.408. The predicted octanol–water partition coefficient (Wildman–Crippen LogP) is -0.440. The highest BCUT2D eigenvalue weighted by Gasteiger charge is 2.14. The van der Waals surface area contributed by atoms with Gasteiger partial charge in [0, 0.05) is 0 Å². The molecule has 2 aromatic rings. The summed E-state index contributed by atoms with van der Waals surface area (Å²) in [6, 6.07) is 0. The number of aryl methyl sites for hydroxylation is 2. The van der Waals surface area contributed by atoms with Crippen molar-refractivity contribution in [2.24, 2.45) is 0 Å². The van der Waals surface area contributed by atoms with Crippen molar-refractivity contribution in [1.29, 1.82) is 0 Å². The van der Waals surface area contributed by atoms with Gasteiger partial charge in [-0.1, -0.05) is 5.16 Å². The number of aromatic nitrogens is 5. The van der Waals surface area contributed by atoms with Crippen LogP contribution in [0.25, 0.3) is 5.69 Å². The molecular weight excluding hydrogens is 174 g/mol. The third-order valence-corrected chi connectivity index (χ3v) is 1.68. The summed E-state index contributed by atoms with van der Waals surface area (Å²) in [6.07, 6.45) is 0. The van der Waals surface area contributed by atoms with Crippen molar-refractivity contribution in [3.63, 3.8) is 0 Å². The molecule has 7 nitrogen and oxygen atoms in total. The number of hydrogen-bond acceptors (Lipinski definition) is 5. The normalized spacial score (nSPS) is 10.6. The number of tetrazole rings is 1. The Kier molecular flexibility index (Phi) is 1.51. The fourth-order valence-electron chi connectivity index (χ4n) is 1.12. The average molecular weight is 181 g/mol. The molecule has 2 aromatic heterocycles. The highest BCUT2D eigenvalue weighted by Crippen LogP contribution is 2.13. The van der Waals surface area contributed by atoms with Crippen molar-refractivity contribution >= 4 is 0 Å². The number of hydrogen-bond donors (Lipinski definition) is 1. The van der Waals surface area contributed by atoms with Gasteiger partial charge in [-0.15, -0.1) is 0 Å². The second-order valence-corrected chi connectivity index (χ2v) is 2.59. The van der Waals surface area contributed by atoms with Gasteiger partial charge >= 0.3 is 5.69 Å². The minimum Gasteiger partial charge on any atom is -0.359 e. The summed E-state index contributed by atoms with van der Waals surface area (Å²) in [5, 5.41) is 12.8. The molecule has 0 bridgehead atoms. The zero-order valence-electron chi connectivity index (χ0n) is 7.11. The van der Waals surface area contributed by atoms with Crippen LogP contribution in [0.4, 0.5) is 0 Å². The Bertz CT molecular complexity index is 460. The van der Waals surface area contributed by atoms with Crippen LogP contribution in [0.5, 0.6) is 0 Å². The van der Waals surface area contributed by atoms with Gasteiger partial charge in [0.25, 0.3) is 0 Å². The molecule has 0 radical (unpaired) electrons. The molecule has 13 heavy (non-hydrogen) atoms. The van der Waals surface area contributed by atoms with E-state index < -0.39 is 5.69 Å². The molecule has 2 heterocycles. The van der Waals surface area contributed by atoms with E-state index in [9.17, 15) is 4.79 Å². The topological polar surface area (TPSA) is 89.6 Å². The van der Waals surface area contributed by atoms with E-state index in [1.807, 2.05) is 0 Å². The molecule has 1 N–H and O–H groups in total. The van der Waals surface area contributed by atoms with Gasteiger partial charge < -0.3 is 4.52 Å². The molecule has 0 atom stereocenters. The van der Waals surface area contributed by atoms with Crippen molar-refractivity contribution < 1.29 is 4.52 Å². The average Bonchev–Trinajstić information content (AvgIpc) is 2.60. The van der Waals surface area contributed by atoms with E-state index in [2.05, 4.69) is 20.7 Å². The van der Waals surface area contributed by atoms with Crippen molar-refractivity contribution in [2.45, 2.75) is 13.8 Å². The number of rotatable bonds is 1. The van der Waals surface area contributed by atoms with E-state index in [0.717, 1.165) is 4.68 Å². The lowest BCUT2D eigenvalue weighted by atomic mass is 10.3. The second-order valence-electron chi connectivity index (χ2n) is 2.59. The Labute approximate surface area is 72.3 Å². The Hall–Kier alpha value is -1.92. The van der Waals surface area contributed by atoms with E-state index in [0.29, 0.717) is 17.1 Å². The highest BCUT2D eigenvalue weighted by atomic mass is 16.5. The van der Waals surface area contributed by atoms with E-state index in [4.69, 9.17) is 4.52 Å². The molecule has 0 saturated heterocycles. The fraction of sp³-hybridized carbons (Fsp3) is 0.333. The predicted molar refractivity (Wildman–Crippen MR) is 41.5 cm³/mol. The minimum absolute atomic E-state index is 0.408. The SMILES string of the molecule is Cc1noc(C)c1-n1nn[nH]c1=O. The molecule has 0 saturated carbocycles. The number of H-pyrrole nitrogens is 1. The van der Waals surface area contributed by atoms with Crippen LogP contribution in [0, 0.1) is 13.8 Å². The first-order valence-corrected chi connectivity index (χ1v) is 3.64. The maximum atomic E-state index is 11.1. The molecule has 0 aliphatic heterocycles. The van der Waals surface area contributed by atoms with Gasteiger partial charge in [0.1, 0.15) is 11.4 Å². The molecule has 0 unspecified atom stereocenters. The molecule has 0 fully saturated rings. The van der Waals surface area contributed by atoms with Crippen LogP contribution in [0.1, 0.15) is 11.5 Å². The number of nitrogens with zero attached hydrogens (tertiary/aromatic N) is 4. The lowest BCUT2D eigenvalue weighted by molar-refractivity contribution is 0.392. The van der Waals surface area contributed by atoms with Crippen LogP contribution < -0.4 is 5.69 Å². The molecule has 7 heteroatoms.